The molecular weight excluding hydrogens is 160 g/mol. The van der Waals surface area contributed by atoms with Crippen LogP contribution in [0.2, 0.25) is 0 Å². The molecule has 0 aromatic heterocycles. The molecule has 3 rings (SSSR count). The van der Waals surface area contributed by atoms with Crippen molar-refractivity contribution in [2.75, 3.05) is 13.1 Å². The highest BCUT2D eigenvalue weighted by Gasteiger charge is 2.46. The molecule has 0 amide bonds. The molecule has 0 N–H and O–H groups in total. The van der Waals surface area contributed by atoms with Crippen LogP contribution in [-0.4, -0.2) is 23.8 Å². The van der Waals surface area contributed by atoms with Gasteiger partial charge < -0.3 is 0 Å². The monoisotopic (exact) mass is 178 g/mol. The van der Waals surface area contributed by atoms with E-state index in [0.717, 1.165) is 11.8 Å². The van der Waals surface area contributed by atoms with Crippen LogP contribution in [0, 0.1) is 11.8 Å². The molecule has 2 atom stereocenters. The van der Waals surface area contributed by atoms with Gasteiger partial charge in [-0.3, -0.25) is 5.01 Å². The molecule has 1 heterocycles. The minimum atomic E-state index is 0.918. The van der Waals surface area contributed by atoms with E-state index in [1.54, 1.807) is 0 Å². The van der Waals surface area contributed by atoms with Gasteiger partial charge in [-0.2, -0.15) is 5.10 Å². The summed E-state index contributed by atoms with van der Waals surface area (Å²) >= 11 is 0. The van der Waals surface area contributed by atoms with Gasteiger partial charge in [0.25, 0.3) is 0 Å². The van der Waals surface area contributed by atoms with Crippen LogP contribution in [0.25, 0.3) is 0 Å². The standard InChI is InChI=1S/C11H18N2/c1-2-6-13(7-3-1)12-11-5-4-9-8-10(9)11/h9-10H,1-8H2/b12-11-/t9-,10+/m0/s1. The van der Waals surface area contributed by atoms with E-state index in [1.807, 2.05) is 0 Å². The van der Waals surface area contributed by atoms with Crippen molar-refractivity contribution in [2.24, 2.45) is 16.9 Å². The largest absolute Gasteiger partial charge is 0.297 e. The van der Waals surface area contributed by atoms with Gasteiger partial charge in [0.2, 0.25) is 0 Å². The van der Waals surface area contributed by atoms with Crippen molar-refractivity contribution < 1.29 is 0 Å². The molecule has 3 fully saturated rings. The van der Waals surface area contributed by atoms with Crippen molar-refractivity contribution in [3.63, 3.8) is 0 Å². The molecule has 72 valence electrons. The lowest BCUT2D eigenvalue weighted by molar-refractivity contribution is 0.238. The summed E-state index contributed by atoms with van der Waals surface area (Å²) in [6.07, 6.45) is 8.29. The number of piperidine rings is 1. The van der Waals surface area contributed by atoms with Crippen LogP contribution in [0.3, 0.4) is 0 Å². The SMILES string of the molecule is C1CCN(/N=C2/CC[C@H]3C[C@@H]23)CC1. The fourth-order valence-corrected chi connectivity index (χ4v) is 2.78. The third kappa shape index (κ3) is 1.47. The van der Waals surface area contributed by atoms with E-state index in [-0.39, 0.29) is 0 Å². The van der Waals surface area contributed by atoms with E-state index >= 15 is 0 Å². The molecule has 0 aromatic carbocycles. The van der Waals surface area contributed by atoms with Crippen LogP contribution in [0.1, 0.15) is 38.5 Å². The Morgan fingerprint density at radius 1 is 1.15 bits per heavy atom. The minimum absolute atomic E-state index is 0.918. The molecule has 0 unspecified atom stereocenters. The van der Waals surface area contributed by atoms with Gasteiger partial charge in [-0.1, -0.05) is 0 Å². The number of hydrogen-bond acceptors (Lipinski definition) is 2. The molecule has 1 aliphatic heterocycles. The van der Waals surface area contributed by atoms with Gasteiger partial charge in [-0.15, -0.1) is 0 Å². The Bertz CT molecular complexity index is 228. The number of nitrogens with zero attached hydrogens (tertiary/aromatic N) is 2. The third-order valence-electron chi connectivity index (χ3n) is 3.72. The predicted octanol–water partition coefficient (Wildman–Crippen LogP) is 2.26. The van der Waals surface area contributed by atoms with Crippen LogP contribution in [-0.2, 0) is 0 Å². The second-order valence-corrected chi connectivity index (χ2v) is 4.75. The second kappa shape index (κ2) is 3.00. The highest BCUT2D eigenvalue weighted by atomic mass is 15.5. The fraction of sp³-hybridized carbons (Fsp3) is 0.909. The maximum atomic E-state index is 4.81. The van der Waals surface area contributed by atoms with Crippen molar-refractivity contribution in [1.82, 2.24) is 5.01 Å². The zero-order valence-electron chi connectivity index (χ0n) is 8.21. The first-order chi connectivity index (χ1) is 6.43. The topological polar surface area (TPSA) is 15.6 Å². The molecule has 2 nitrogen and oxygen atoms in total. The lowest BCUT2D eigenvalue weighted by Crippen LogP contribution is -2.26. The van der Waals surface area contributed by atoms with Crippen molar-refractivity contribution in [2.45, 2.75) is 38.5 Å². The normalized spacial score (nSPS) is 40.9. The van der Waals surface area contributed by atoms with E-state index in [2.05, 4.69) is 5.01 Å². The average Bonchev–Trinajstić information content (AvgIpc) is 2.86. The molecule has 0 radical (unpaired) electrons. The molecule has 2 heteroatoms. The third-order valence-corrected chi connectivity index (χ3v) is 3.72. The zero-order chi connectivity index (χ0) is 8.67. The highest BCUT2D eigenvalue weighted by molar-refractivity contribution is 5.91. The molecule has 13 heavy (non-hydrogen) atoms. The van der Waals surface area contributed by atoms with Gasteiger partial charge in [-0.05, 0) is 44.4 Å². The Hall–Kier alpha value is -0.530. The summed E-state index contributed by atoms with van der Waals surface area (Å²) in [5.41, 5.74) is 1.53. The van der Waals surface area contributed by atoms with Crippen LogP contribution in [0.5, 0.6) is 0 Å². The zero-order valence-corrected chi connectivity index (χ0v) is 8.21. The van der Waals surface area contributed by atoms with Crippen molar-refractivity contribution in [1.29, 1.82) is 0 Å². The van der Waals surface area contributed by atoms with Crippen LogP contribution < -0.4 is 0 Å². The molecule has 1 saturated heterocycles. The Kier molecular flexibility index (Phi) is 1.81. The van der Waals surface area contributed by atoms with Gasteiger partial charge in [0, 0.05) is 24.7 Å². The first kappa shape index (κ1) is 7.84. The number of hydrogen-bond donors (Lipinski definition) is 0. The first-order valence-corrected chi connectivity index (χ1v) is 5.76. The Balaban J connectivity index is 1.65. The van der Waals surface area contributed by atoms with Crippen molar-refractivity contribution >= 4 is 5.71 Å². The van der Waals surface area contributed by atoms with Gasteiger partial charge >= 0.3 is 0 Å². The van der Waals surface area contributed by atoms with E-state index in [0.29, 0.717) is 0 Å². The minimum Gasteiger partial charge on any atom is -0.297 e. The van der Waals surface area contributed by atoms with E-state index in [1.165, 1.54) is 57.3 Å². The summed E-state index contributed by atoms with van der Waals surface area (Å²) < 4.78 is 0. The quantitative estimate of drug-likeness (QED) is 0.601. The van der Waals surface area contributed by atoms with E-state index < -0.39 is 0 Å². The molecule has 0 bridgehead atoms. The van der Waals surface area contributed by atoms with Crippen LogP contribution in [0.4, 0.5) is 0 Å². The Morgan fingerprint density at radius 2 is 2.00 bits per heavy atom. The summed E-state index contributed by atoms with van der Waals surface area (Å²) in [6, 6.07) is 0. The van der Waals surface area contributed by atoms with Crippen LogP contribution in [0.15, 0.2) is 5.10 Å². The average molecular weight is 178 g/mol. The highest BCUT2D eigenvalue weighted by Crippen LogP contribution is 2.50. The molecule has 3 aliphatic rings. The number of hydrazone groups is 1. The van der Waals surface area contributed by atoms with Gasteiger partial charge in [-0.25, -0.2) is 0 Å². The second-order valence-electron chi connectivity index (χ2n) is 4.75. The number of fused-ring (bicyclic) bond motifs is 1. The molecule has 0 spiro atoms. The van der Waals surface area contributed by atoms with E-state index in [4.69, 9.17) is 5.10 Å². The van der Waals surface area contributed by atoms with Gasteiger partial charge in [0.05, 0.1) is 0 Å². The number of rotatable bonds is 1. The van der Waals surface area contributed by atoms with E-state index in [9.17, 15) is 0 Å². The maximum absolute atomic E-state index is 4.81. The first-order valence-electron chi connectivity index (χ1n) is 5.76. The molecule has 0 aromatic rings. The summed E-state index contributed by atoms with van der Waals surface area (Å²) in [4.78, 5) is 0. The molecule has 2 saturated carbocycles. The summed E-state index contributed by atoms with van der Waals surface area (Å²) in [6.45, 7) is 2.42. The van der Waals surface area contributed by atoms with Gasteiger partial charge in [0.15, 0.2) is 0 Å². The molecular formula is C11H18N2. The smallest absolute Gasteiger partial charge is 0.0414 e. The molecule has 2 aliphatic carbocycles. The van der Waals surface area contributed by atoms with Crippen molar-refractivity contribution in [3.05, 3.63) is 0 Å². The fourth-order valence-electron chi connectivity index (χ4n) is 2.78. The lowest BCUT2D eigenvalue weighted by Gasteiger charge is -2.24. The predicted molar refractivity (Wildman–Crippen MR) is 53.7 cm³/mol. The van der Waals surface area contributed by atoms with Crippen LogP contribution >= 0.6 is 0 Å². The van der Waals surface area contributed by atoms with Gasteiger partial charge in [0.1, 0.15) is 0 Å². The summed E-state index contributed by atoms with van der Waals surface area (Å²) in [7, 11) is 0. The van der Waals surface area contributed by atoms with Crippen molar-refractivity contribution in [3.8, 4) is 0 Å². The Morgan fingerprint density at radius 3 is 2.62 bits per heavy atom. The Labute approximate surface area is 80.0 Å². The lowest BCUT2D eigenvalue weighted by atomic mass is 10.2. The maximum Gasteiger partial charge on any atom is 0.0414 e. The summed E-state index contributed by atoms with van der Waals surface area (Å²) in [5.74, 6) is 1.96. The summed E-state index contributed by atoms with van der Waals surface area (Å²) in [5, 5.41) is 7.13.